The number of hydrogen-bond acceptors (Lipinski definition) is 5. The van der Waals surface area contributed by atoms with Gasteiger partial charge in [0.1, 0.15) is 12.1 Å². The summed E-state index contributed by atoms with van der Waals surface area (Å²) in [6.07, 6.45) is 1.83. The molecule has 156 valence electrons. The van der Waals surface area contributed by atoms with Gasteiger partial charge in [-0.25, -0.2) is 4.79 Å². The van der Waals surface area contributed by atoms with E-state index in [1.54, 1.807) is 24.3 Å². The van der Waals surface area contributed by atoms with Crippen molar-refractivity contribution in [2.45, 2.75) is 57.7 Å². The van der Waals surface area contributed by atoms with Crippen LogP contribution in [0.5, 0.6) is 0 Å². The molecule has 8 nitrogen and oxygen atoms in total. The first-order valence-corrected chi connectivity index (χ1v) is 9.59. The number of carbonyl (C=O) groups is 3. The van der Waals surface area contributed by atoms with Gasteiger partial charge in [0.05, 0.1) is 6.04 Å². The molecular weight excluding hydrogens is 360 g/mol. The van der Waals surface area contributed by atoms with Gasteiger partial charge in [0.15, 0.2) is 0 Å². The van der Waals surface area contributed by atoms with Crippen LogP contribution in [-0.2, 0) is 20.8 Å². The molecule has 2 amide bonds. The fourth-order valence-corrected chi connectivity index (χ4v) is 2.65. The second-order valence-electron chi connectivity index (χ2n) is 7.20. The van der Waals surface area contributed by atoms with Crippen LogP contribution in [0.1, 0.15) is 38.7 Å². The van der Waals surface area contributed by atoms with Crippen LogP contribution in [0.4, 0.5) is 0 Å². The maximum atomic E-state index is 12.7. The summed E-state index contributed by atoms with van der Waals surface area (Å²) in [6.45, 7) is 4.10. The standard InChI is InChI=1S/C20H32N4O4/c1-13(2)17(22)19(26)23-15(10-6-7-11-21)18(25)24-16(20(27)28)12-14-8-4-3-5-9-14/h3-5,8-9,13,15-17H,6-7,10-12,21-22H2,1-2H3,(H,23,26)(H,24,25)(H,27,28). The van der Waals surface area contributed by atoms with E-state index in [1.807, 2.05) is 19.9 Å². The van der Waals surface area contributed by atoms with Crippen molar-refractivity contribution in [3.63, 3.8) is 0 Å². The molecule has 0 aromatic heterocycles. The summed E-state index contributed by atoms with van der Waals surface area (Å²) >= 11 is 0. The lowest BCUT2D eigenvalue weighted by Crippen LogP contribution is -2.55. The van der Waals surface area contributed by atoms with Gasteiger partial charge in [-0.1, -0.05) is 44.2 Å². The molecule has 0 spiro atoms. The zero-order valence-corrected chi connectivity index (χ0v) is 16.6. The Balaban J connectivity index is 2.83. The monoisotopic (exact) mass is 392 g/mol. The molecule has 1 rings (SSSR count). The molecular formula is C20H32N4O4. The Labute approximate surface area is 166 Å². The van der Waals surface area contributed by atoms with Gasteiger partial charge in [-0.2, -0.15) is 0 Å². The molecule has 1 aromatic rings. The van der Waals surface area contributed by atoms with Crippen LogP contribution in [0.15, 0.2) is 30.3 Å². The van der Waals surface area contributed by atoms with E-state index in [1.165, 1.54) is 0 Å². The molecule has 0 heterocycles. The zero-order valence-electron chi connectivity index (χ0n) is 16.6. The molecule has 0 aliphatic carbocycles. The molecule has 0 aliphatic heterocycles. The average Bonchev–Trinajstić information content (AvgIpc) is 2.66. The quantitative estimate of drug-likeness (QED) is 0.325. The van der Waals surface area contributed by atoms with Crippen LogP contribution in [-0.4, -0.2) is 47.6 Å². The molecule has 0 saturated carbocycles. The van der Waals surface area contributed by atoms with Crippen LogP contribution in [0, 0.1) is 5.92 Å². The van der Waals surface area contributed by atoms with Crippen LogP contribution >= 0.6 is 0 Å². The van der Waals surface area contributed by atoms with Gasteiger partial charge in [0.25, 0.3) is 0 Å². The normalized spacial score (nSPS) is 14.2. The van der Waals surface area contributed by atoms with E-state index >= 15 is 0 Å². The molecule has 0 saturated heterocycles. The van der Waals surface area contributed by atoms with Crippen molar-refractivity contribution in [3.8, 4) is 0 Å². The molecule has 1 aromatic carbocycles. The SMILES string of the molecule is CC(C)C(N)C(=O)NC(CCCCN)C(=O)NC(Cc1ccccc1)C(=O)O. The van der Waals surface area contributed by atoms with Gasteiger partial charge in [-0.05, 0) is 37.3 Å². The van der Waals surface area contributed by atoms with Crippen molar-refractivity contribution in [2.75, 3.05) is 6.54 Å². The fraction of sp³-hybridized carbons (Fsp3) is 0.550. The van der Waals surface area contributed by atoms with Crippen molar-refractivity contribution in [1.82, 2.24) is 10.6 Å². The zero-order chi connectivity index (χ0) is 21.1. The predicted octanol–water partition coefficient (Wildman–Crippen LogP) is 0.396. The summed E-state index contributed by atoms with van der Waals surface area (Å²) in [4.78, 5) is 36.6. The highest BCUT2D eigenvalue weighted by atomic mass is 16.4. The van der Waals surface area contributed by atoms with Gasteiger partial charge in [-0.15, -0.1) is 0 Å². The van der Waals surface area contributed by atoms with Gasteiger partial charge < -0.3 is 27.2 Å². The maximum absolute atomic E-state index is 12.7. The summed E-state index contributed by atoms with van der Waals surface area (Å²) < 4.78 is 0. The van der Waals surface area contributed by atoms with Gasteiger partial charge in [0, 0.05) is 6.42 Å². The number of carboxylic acid groups (broad SMARTS) is 1. The third-order valence-corrected chi connectivity index (χ3v) is 4.50. The number of unbranched alkanes of at least 4 members (excludes halogenated alkanes) is 1. The van der Waals surface area contributed by atoms with Crippen molar-refractivity contribution in [2.24, 2.45) is 17.4 Å². The largest absolute Gasteiger partial charge is 0.480 e. The highest BCUT2D eigenvalue weighted by Gasteiger charge is 2.28. The molecule has 3 atom stereocenters. The lowest BCUT2D eigenvalue weighted by molar-refractivity contribution is -0.142. The number of hydrogen-bond donors (Lipinski definition) is 5. The minimum absolute atomic E-state index is 0.0856. The molecule has 28 heavy (non-hydrogen) atoms. The van der Waals surface area contributed by atoms with Gasteiger partial charge in [-0.3, -0.25) is 9.59 Å². The third kappa shape index (κ3) is 8.06. The third-order valence-electron chi connectivity index (χ3n) is 4.50. The predicted molar refractivity (Wildman–Crippen MR) is 107 cm³/mol. The molecule has 8 heteroatoms. The lowest BCUT2D eigenvalue weighted by Gasteiger charge is -2.24. The highest BCUT2D eigenvalue weighted by Crippen LogP contribution is 2.07. The van der Waals surface area contributed by atoms with E-state index in [9.17, 15) is 19.5 Å². The van der Waals surface area contributed by atoms with Crippen LogP contribution in [0.2, 0.25) is 0 Å². The molecule has 0 radical (unpaired) electrons. The fourth-order valence-electron chi connectivity index (χ4n) is 2.65. The molecule has 7 N–H and O–H groups in total. The molecule has 0 bridgehead atoms. The van der Waals surface area contributed by atoms with Crippen molar-refractivity contribution >= 4 is 17.8 Å². The minimum atomic E-state index is -1.14. The van der Waals surface area contributed by atoms with Crippen molar-refractivity contribution in [3.05, 3.63) is 35.9 Å². The van der Waals surface area contributed by atoms with E-state index in [-0.39, 0.29) is 12.3 Å². The van der Waals surface area contributed by atoms with E-state index in [2.05, 4.69) is 10.6 Å². The summed E-state index contributed by atoms with van der Waals surface area (Å²) in [5.41, 5.74) is 12.2. The van der Waals surface area contributed by atoms with Crippen molar-refractivity contribution in [1.29, 1.82) is 0 Å². The van der Waals surface area contributed by atoms with E-state index in [4.69, 9.17) is 11.5 Å². The Hall–Kier alpha value is -2.45. The summed E-state index contributed by atoms with van der Waals surface area (Å²) in [5, 5.41) is 14.7. The average molecular weight is 393 g/mol. The first kappa shape index (κ1) is 23.6. The number of aliphatic carboxylic acids is 1. The Kier molecular flexibility index (Phi) is 10.2. The van der Waals surface area contributed by atoms with Crippen LogP contribution < -0.4 is 22.1 Å². The smallest absolute Gasteiger partial charge is 0.326 e. The molecule has 0 aliphatic rings. The lowest BCUT2D eigenvalue weighted by atomic mass is 10.0. The number of benzene rings is 1. The Morgan fingerprint density at radius 1 is 1.00 bits per heavy atom. The summed E-state index contributed by atoms with van der Waals surface area (Å²) in [7, 11) is 0. The minimum Gasteiger partial charge on any atom is -0.480 e. The maximum Gasteiger partial charge on any atom is 0.326 e. The van der Waals surface area contributed by atoms with Crippen molar-refractivity contribution < 1.29 is 19.5 Å². The number of rotatable bonds is 12. The highest BCUT2D eigenvalue weighted by molar-refractivity contribution is 5.91. The second-order valence-corrected chi connectivity index (χ2v) is 7.20. The number of nitrogens with one attached hydrogen (secondary N) is 2. The molecule has 0 fully saturated rings. The van der Waals surface area contributed by atoms with Crippen LogP contribution in [0.3, 0.4) is 0 Å². The van der Waals surface area contributed by atoms with Gasteiger partial charge in [0.2, 0.25) is 11.8 Å². The Morgan fingerprint density at radius 2 is 1.61 bits per heavy atom. The Bertz CT molecular complexity index is 636. The summed E-state index contributed by atoms with van der Waals surface area (Å²) in [5.74, 6) is -2.19. The molecule has 3 unspecified atom stereocenters. The van der Waals surface area contributed by atoms with Gasteiger partial charge >= 0.3 is 5.97 Å². The number of nitrogens with two attached hydrogens (primary N) is 2. The first-order chi connectivity index (χ1) is 13.3. The van der Waals surface area contributed by atoms with E-state index in [0.29, 0.717) is 25.8 Å². The Morgan fingerprint density at radius 3 is 2.14 bits per heavy atom. The van der Waals surface area contributed by atoms with E-state index in [0.717, 1.165) is 5.56 Å². The first-order valence-electron chi connectivity index (χ1n) is 9.59. The van der Waals surface area contributed by atoms with Crippen LogP contribution in [0.25, 0.3) is 0 Å². The second kappa shape index (κ2) is 12.1. The number of carboxylic acids is 1. The summed E-state index contributed by atoms with van der Waals surface area (Å²) in [6, 6.07) is 6.33. The van der Waals surface area contributed by atoms with E-state index < -0.39 is 35.9 Å². The number of amides is 2. The topological polar surface area (TPSA) is 148 Å². The number of carbonyl (C=O) groups excluding carboxylic acids is 2.